The van der Waals surface area contributed by atoms with Gasteiger partial charge in [-0.2, -0.15) is 4.98 Å². The Labute approximate surface area is 92.5 Å². The third-order valence-corrected chi connectivity index (χ3v) is 2.12. The molecule has 0 aromatic carbocycles. The minimum atomic E-state index is -0.510. The van der Waals surface area contributed by atoms with E-state index in [1.807, 2.05) is 0 Å². The molecular weight excluding hydrogens is 214 g/mol. The second-order valence-electron chi connectivity index (χ2n) is 3.32. The van der Waals surface area contributed by atoms with E-state index in [-0.39, 0.29) is 17.9 Å². The zero-order valence-electron chi connectivity index (χ0n) is 8.97. The Balaban J connectivity index is 1.93. The van der Waals surface area contributed by atoms with Crippen LogP contribution in [-0.4, -0.2) is 36.9 Å². The summed E-state index contributed by atoms with van der Waals surface area (Å²) in [6, 6.07) is 0. The van der Waals surface area contributed by atoms with E-state index in [4.69, 9.17) is 18.6 Å². The van der Waals surface area contributed by atoms with Crippen LogP contribution >= 0.6 is 0 Å². The van der Waals surface area contributed by atoms with Crippen molar-refractivity contribution in [3.8, 4) is 6.08 Å². The highest BCUT2D eigenvalue weighted by molar-refractivity contribution is 5.86. The van der Waals surface area contributed by atoms with E-state index in [2.05, 4.69) is 4.98 Å². The van der Waals surface area contributed by atoms with Crippen molar-refractivity contribution in [3.05, 3.63) is 12.0 Å². The van der Waals surface area contributed by atoms with Gasteiger partial charge in [-0.25, -0.2) is 4.79 Å². The molecule has 1 aromatic rings. The molecule has 6 nitrogen and oxygen atoms in total. The number of oxazole rings is 1. The monoisotopic (exact) mass is 227 g/mol. The highest BCUT2D eigenvalue weighted by atomic mass is 16.6. The molecule has 0 bridgehead atoms. The predicted octanol–water partition coefficient (Wildman–Crippen LogP) is 1.02. The Bertz CT molecular complexity index is 356. The van der Waals surface area contributed by atoms with E-state index in [0.717, 1.165) is 6.42 Å². The number of hydrogen-bond donors (Lipinski definition) is 0. The Morgan fingerprint density at radius 1 is 1.69 bits per heavy atom. The van der Waals surface area contributed by atoms with Crippen LogP contribution in [0.4, 0.5) is 0 Å². The fourth-order valence-electron chi connectivity index (χ4n) is 1.36. The molecule has 0 spiro atoms. The van der Waals surface area contributed by atoms with Crippen LogP contribution in [0.15, 0.2) is 10.7 Å². The number of carbonyl (C=O) groups excluding carboxylic acids is 1. The lowest BCUT2D eigenvalue weighted by Gasteiger charge is -2.05. The van der Waals surface area contributed by atoms with Gasteiger partial charge < -0.3 is 18.6 Å². The molecule has 16 heavy (non-hydrogen) atoms. The summed E-state index contributed by atoms with van der Waals surface area (Å²) in [4.78, 5) is 15.1. The van der Waals surface area contributed by atoms with E-state index in [1.54, 1.807) is 6.92 Å². The fourth-order valence-corrected chi connectivity index (χ4v) is 1.36. The third-order valence-electron chi connectivity index (χ3n) is 2.12. The number of esters is 1. The van der Waals surface area contributed by atoms with Crippen LogP contribution in [0.5, 0.6) is 6.08 Å². The average molecular weight is 227 g/mol. The first-order valence-electron chi connectivity index (χ1n) is 5.16. The molecule has 1 saturated heterocycles. The molecule has 0 radical (unpaired) electrons. The van der Waals surface area contributed by atoms with E-state index in [0.29, 0.717) is 19.8 Å². The first kappa shape index (κ1) is 10.9. The van der Waals surface area contributed by atoms with Crippen LogP contribution in [0, 0.1) is 0 Å². The van der Waals surface area contributed by atoms with E-state index in [1.165, 1.54) is 6.26 Å². The van der Waals surface area contributed by atoms with Gasteiger partial charge in [-0.1, -0.05) is 0 Å². The van der Waals surface area contributed by atoms with Gasteiger partial charge in [0.15, 0.2) is 5.69 Å². The summed E-state index contributed by atoms with van der Waals surface area (Å²) in [5, 5.41) is 0. The Morgan fingerprint density at radius 2 is 2.56 bits per heavy atom. The van der Waals surface area contributed by atoms with Crippen molar-refractivity contribution < 1.29 is 23.4 Å². The molecule has 2 rings (SSSR count). The van der Waals surface area contributed by atoms with E-state index < -0.39 is 5.97 Å². The van der Waals surface area contributed by atoms with Crippen LogP contribution in [-0.2, 0) is 9.47 Å². The summed E-state index contributed by atoms with van der Waals surface area (Å²) in [5.41, 5.74) is 0.121. The van der Waals surface area contributed by atoms with Gasteiger partial charge in [-0.05, 0) is 6.92 Å². The van der Waals surface area contributed by atoms with Crippen molar-refractivity contribution in [1.82, 2.24) is 4.98 Å². The zero-order valence-corrected chi connectivity index (χ0v) is 8.97. The molecule has 0 N–H and O–H groups in total. The SMILES string of the molecule is CCOC(=O)c1coc(OC2CCOC2)n1. The number of hydrogen-bond acceptors (Lipinski definition) is 6. The van der Waals surface area contributed by atoms with Gasteiger partial charge in [0.25, 0.3) is 0 Å². The maximum Gasteiger partial charge on any atom is 0.394 e. The molecule has 1 fully saturated rings. The van der Waals surface area contributed by atoms with E-state index >= 15 is 0 Å². The Hall–Kier alpha value is -1.56. The van der Waals surface area contributed by atoms with Crippen LogP contribution in [0.25, 0.3) is 0 Å². The van der Waals surface area contributed by atoms with Crippen LogP contribution < -0.4 is 4.74 Å². The minimum absolute atomic E-state index is 0.0475. The lowest BCUT2D eigenvalue weighted by atomic mass is 10.3. The maximum absolute atomic E-state index is 11.3. The smallest absolute Gasteiger partial charge is 0.394 e. The van der Waals surface area contributed by atoms with E-state index in [9.17, 15) is 4.79 Å². The number of carbonyl (C=O) groups is 1. The lowest BCUT2D eigenvalue weighted by molar-refractivity contribution is 0.0518. The maximum atomic E-state index is 11.3. The summed E-state index contributed by atoms with van der Waals surface area (Å²) >= 11 is 0. The van der Waals surface area contributed by atoms with Crippen molar-refractivity contribution in [2.45, 2.75) is 19.4 Å². The van der Waals surface area contributed by atoms with Gasteiger partial charge >= 0.3 is 12.0 Å². The minimum Gasteiger partial charge on any atom is -0.461 e. The van der Waals surface area contributed by atoms with Gasteiger partial charge in [0.05, 0.1) is 19.8 Å². The summed E-state index contributed by atoms with van der Waals surface area (Å²) in [7, 11) is 0. The molecule has 6 heteroatoms. The first-order valence-corrected chi connectivity index (χ1v) is 5.16. The molecule has 1 aromatic heterocycles. The number of ether oxygens (including phenoxy) is 3. The summed E-state index contributed by atoms with van der Waals surface area (Å²) < 4.78 is 20.3. The predicted molar refractivity (Wildman–Crippen MR) is 52.3 cm³/mol. The highest BCUT2D eigenvalue weighted by Gasteiger charge is 2.21. The van der Waals surface area contributed by atoms with Gasteiger partial charge in [0.1, 0.15) is 12.4 Å². The molecular formula is C10H13NO5. The van der Waals surface area contributed by atoms with Gasteiger partial charge in [-0.15, -0.1) is 0 Å². The molecule has 1 atom stereocenters. The van der Waals surface area contributed by atoms with Crippen molar-refractivity contribution >= 4 is 5.97 Å². The number of nitrogens with zero attached hydrogens (tertiary/aromatic N) is 1. The van der Waals surface area contributed by atoms with Crippen LogP contribution in [0.1, 0.15) is 23.8 Å². The van der Waals surface area contributed by atoms with Crippen LogP contribution in [0.2, 0.25) is 0 Å². The summed E-state index contributed by atoms with van der Waals surface area (Å²) in [6.45, 7) is 3.23. The molecule has 1 aliphatic rings. The summed E-state index contributed by atoms with van der Waals surface area (Å²) in [6.07, 6.45) is 2.06. The van der Waals surface area contributed by atoms with Gasteiger partial charge in [-0.3, -0.25) is 0 Å². The second kappa shape index (κ2) is 4.98. The molecule has 88 valence electrons. The molecule has 1 unspecified atom stereocenters. The number of rotatable bonds is 4. The normalized spacial score (nSPS) is 19.7. The molecule has 0 aliphatic carbocycles. The fraction of sp³-hybridized carbons (Fsp3) is 0.600. The number of aromatic nitrogens is 1. The Morgan fingerprint density at radius 3 is 3.25 bits per heavy atom. The molecule has 0 amide bonds. The molecule has 2 heterocycles. The van der Waals surface area contributed by atoms with Crippen molar-refractivity contribution in [2.75, 3.05) is 19.8 Å². The third kappa shape index (κ3) is 2.52. The van der Waals surface area contributed by atoms with Crippen molar-refractivity contribution in [3.63, 3.8) is 0 Å². The second-order valence-corrected chi connectivity index (χ2v) is 3.32. The standard InChI is InChI=1S/C10H13NO5/c1-2-14-9(12)8-6-15-10(11-8)16-7-3-4-13-5-7/h6-7H,2-5H2,1H3. The van der Waals surface area contributed by atoms with Crippen molar-refractivity contribution in [1.29, 1.82) is 0 Å². The lowest BCUT2D eigenvalue weighted by Crippen LogP contribution is -2.16. The summed E-state index contributed by atoms with van der Waals surface area (Å²) in [5.74, 6) is -0.510. The first-order chi connectivity index (χ1) is 7.79. The zero-order chi connectivity index (χ0) is 11.4. The topological polar surface area (TPSA) is 70.8 Å². The highest BCUT2D eigenvalue weighted by Crippen LogP contribution is 2.16. The van der Waals surface area contributed by atoms with Crippen LogP contribution in [0.3, 0.4) is 0 Å². The largest absolute Gasteiger partial charge is 0.461 e. The Kier molecular flexibility index (Phi) is 3.40. The molecule has 0 saturated carbocycles. The van der Waals surface area contributed by atoms with Gasteiger partial charge in [0.2, 0.25) is 0 Å². The average Bonchev–Trinajstić information content (AvgIpc) is 2.90. The quantitative estimate of drug-likeness (QED) is 0.715. The van der Waals surface area contributed by atoms with Gasteiger partial charge in [0, 0.05) is 6.42 Å². The van der Waals surface area contributed by atoms with Crippen molar-refractivity contribution in [2.24, 2.45) is 0 Å². The molecule has 1 aliphatic heterocycles.